The monoisotopic (exact) mass is 354 g/mol. The number of hydrogen-bond donors (Lipinski definition) is 2. The van der Waals surface area contributed by atoms with Gasteiger partial charge in [0.05, 0.1) is 0 Å². The Kier molecular flexibility index (Phi) is 4.65. The van der Waals surface area contributed by atoms with Gasteiger partial charge in [-0.1, -0.05) is 18.2 Å². The Morgan fingerprint density at radius 2 is 2.16 bits per heavy atom. The standard InChI is InChI=1S/C19H22N4OS/c24-9-3-7-23-13-15(16-4-1-2-5-18(16)23)12-22-8-6-17-14(11-22)10-20-19(25)21-17/h1-2,4-5,10,13,24H,3,6-9,11-12H2,(H,20,21,25). The molecular formula is C19H22N4OS. The summed E-state index contributed by atoms with van der Waals surface area (Å²) in [6, 6.07) is 8.52. The third-order valence-corrected chi connectivity index (χ3v) is 5.08. The largest absolute Gasteiger partial charge is 0.396 e. The normalized spacial score (nSPS) is 14.8. The van der Waals surface area contributed by atoms with Gasteiger partial charge >= 0.3 is 0 Å². The molecule has 4 rings (SSSR count). The second-order valence-corrected chi connectivity index (χ2v) is 6.98. The molecule has 1 aliphatic rings. The summed E-state index contributed by atoms with van der Waals surface area (Å²) >= 11 is 5.12. The summed E-state index contributed by atoms with van der Waals surface area (Å²) in [4.78, 5) is 9.90. The van der Waals surface area contributed by atoms with Gasteiger partial charge in [-0.3, -0.25) is 4.90 Å². The van der Waals surface area contributed by atoms with Crippen LogP contribution >= 0.6 is 12.2 Å². The zero-order chi connectivity index (χ0) is 17.2. The fourth-order valence-corrected chi connectivity index (χ4v) is 3.83. The zero-order valence-corrected chi connectivity index (χ0v) is 14.9. The molecule has 130 valence electrons. The van der Waals surface area contributed by atoms with Gasteiger partial charge in [0, 0.05) is 73.8 Å². The van der Waals surface area contributed by atoms with E-state index in [2.05, 4.69) is 49.9 Å². The molecule has 25 heavy (non-hydrogen) atoms. The number of fused-ring (bicyclic) bond motifs is 2. The van der Waals surface area contributed by atoms with Crippen molar-refractivity contribution in [1.82, 2.24) is 19.4 Å². The van der Waals surface area contributed by atoms with E-state index in [1.165, 1.54) is 27.7 Å². The molecule has 6 heteroatoms. The second-order valence-electron chi connectivity index (χ2n) is 6.59. The quantitative estimate of drug-likeness (QED) is 0.692. The number of aliphatic hydroxyl groups is 1. The van der Waals surface area contributed by atoms with Gasteiger partial charge in [-0.25, -0.2) is 4.98 Å². The van der Waals surface area contributed by atoms with Crippen LogP contribution in [-0.4, -0.2) is 37.7 Å². The van der Waals surface area contributed by atoms with Crippen LogP contribution in [0.25, 0.3) is 10.9 Å². The first-order valence-corrected chi connectivity index (χ1v) is 9.12. The molecule has 0 saturated heterocycles. The minimum Gasteiger partial charge on any atom is -0.396 e. The lowest BCUT2D eigenvalue weighted by Crippen LogP contribution is -2.30. The number of para-hydroxylation sites is 1. The molecule has 0 unspecified atom stereocenters. The van der Waals surface area contributed by atoms with Crippen LogP contribution in [0.5, 0.6) is 0 Å². The van der Waals surface area contributed by atoms with Crippen molar-refractivity contribution in [2.45, 2.75) is 32.5 Å². The van der Waals surface area contributed by atoms with Crippen LogP contribution in [0, 0.1) is 4.77 Å². The van der Waals surface area contributed by atoms with Crippen molar-refractivity contribution in [3.8, 4) is 0 Å². The Hall–Kier alpha value is -2.02. The molecule has 0 saturated carbocycles. The van der Waals surface area contributed by atoms with Gasteiger partial charge in [-0.2, -0.15) is 0 Å². The van der Waals surface area contributed by atoms with Gasteiger partial charge in [-0.15, -0.1) is 0 Å². The Labute approximate surface area is 151 Å². The van der Waals surface area contributed by atoms with Crippen molar-refractivity contribution in [2.24, 2.45) is 0 Å². The number of benzene rings is 1. The SMILES string of the molecule is OCCCn1cc(CN2CCc3[nH]c(=S)ncc3C2)c2ccccc21. The number of rotatable bonds is 5. The molecule has 2 aromatic heterocycles. The third kappa shape index (κ3) is 3.38. The highest BCUT2D eigenvalue weighted by molar-refractivity contribution is 7.71. The van der Waals surface area contributed by atoms with Crippen molar-refractivity contribution < 1.29 is 5.11 Å². The van der Waals surface area contributed by atoms with Crippen LogP contribution in [-0.2, 0) is 26.1 Å². The zero-order valence-electron chi connectivity index (χ0n) is 14.1. The van der Waals surface area contributed by atoms with Gasteiger partial charge in [0.15, 0.2) is 4.77 Å². The Balaban J connectivity index is 1.59. The van der Waals surface area contributed by atoms with E-state index in [1.807, 2.05) is 6.20 Å². The van der Waals surface area contributed by atoms with E-state index in [1.54, 1.807) is 0 Å². The van der Waals surface area contributed by atoms with E-state index >= 15 is 0 Å². The van der Waals surface area contributed by atoms with E-state index in [0.717, 1.165) is 39.0 Å². The fraction of sp³-hybridized carbons (Fsp3) is 0.368. The Bertz CT molecular complexity index is 946. The van der Waals surface area contributed by atoms with Crippen LogP contribution in [0.1, 0.15) is 23.2 Å². The molecule has 3 heterocycles. The van der Waals surface area contributed by atoms with Crippen molar-refractivity contribution in [1.29, 1.82) is 0 Å². The predicted molar refractivity (Wildman–Crippen MR) is 101 cm³/mol. The van der Waals surface area contributed by atoms with E-state index in [4.69, 9.17) is 17.3 Å². The number of hydrogen-bond acceptors (Lipinski definition) is 4. The number of aryl methyl sites for hydroxylation is 1. The molecular weight excluding hydrogens is 332 g/mol. The second kappa shape index (κ2) is 7.07. The lowest BCUT2D eigenvalue weighted by atomic mass is 10.1. The van der Waals surface area contributed by atoms with Crippen LogP contribution in [0.2, 0.25) is 0 Å². The molecule has 0 atom stereocenters. The van der Waals surface area contributed by atoms with Crippen LogP contribution in [0.4, 0.5) is 0 Å². The van der Waals surface area contributed by atoms with Crippen LogP contribution in [0.3, 0.4) is 0 Å². The number of aliphatic hydroxyl groups excluding tert-OH is 1. The molecule has 1 aromatic carbocycles. The number of aromatic amines is 1. The molecule has 0 amide bonds. The first-order valence-electron chi connectivity index (χ1n) is 8.71. The topological polar surface area (TPSA) is 57.1 Å². The summed E-state index contributed by atoms with van der Waals surface area (Å²) in [5, 5.41) is 10.4. The molecule has 3 aromatic rings. The van der Waals surface area contributed by atoms with Crippen molar-refractivity contribution in [2.75, 3.05) is 13.2 Å². The average molecular weight is 354 g/mol. The minimum absolute atomic E-state index is 0.221. The maximum atomic E-state index is 9.14. The van der Waals surface area contributed by atoms with Crippen LogP contribution < -0.4 is 0 Å². The summed E-state index contributed by atoms with van der Waals surface area (Å²) in [7, 11) is 0. The molecule has 0 aliphatic carbocycles. The van der Waals surface area contributed by atoms with E-state index in [0.29, 0.717) is 4.77 Å². The van der Waals surface area contributed by atoms with E-state index in [9.17, 15) is 0 Å². The summed E-state index contributed by atoms with van der Waals surface area (Å²) < 4.78 is 2.83. The highest BCUT2D eigenvalue weighted by Crippen LogP contribution is 2.25. The maximum Gasteiger partial charge on any atom is 0.196 e. The van der Waals surface area contributed by atoms with Gasteiger partial charge < -0.3 is 14.7 Å². The maximum absolute atomic E-state index is 9.14. The first-order chi connectivity index (χ1) is 12.2. The fourth-order valence-electron chi connectivity index (χ4n) is 3.66. The highest BCUT2D eigenvalue weighted by Gasteiger charge is 2.19. The number of aromatic nitrogens is 3. The molecule has 0 radical (unpaired) electrons. The number of nitrogens with one attached hydrogen (secondary N) is 1. The van der Waals surface area contributed by atoms with Crippen molar-refractivity contribution >= 4 is 23.1 Å². The van der Waals surface area contributed by atoms with Crippen LogP contribution in [0.15, 0.2) is 36.7 Å². The molecule has 0 fully saturated rings. The Morgan fingerprint density at radius 3 is 3.04 bits per heavy atom. The minimum atomic E-state index is 0.221. The molecule has 2 N–H and O–H groups in total. The van der Waals surface area contributed by atoms with Gasteiger partial charge in [0.25, 0.3) is 0 Å². The summed E-state index contributed by atoms with van der Waals surface area (Å²) in [5.41, 5.74) is 5.05. The predicted octanol–water partition coefficient (Wildman–Crippen LogP) is 3.03. The molecule has 1 aliphatic heterocycles. The van der Waals surface area contributed by atoms with Gasteiger partial charge in [0.2, 0.25) is 0 Å². The highest BCUT2D eigenvalue weighted by atomic mass is 32.1. The van der Waals surface area contributed by atoms with E-state index < -0.39 is 0 Å². The number of nitrogens with zero attached hydrogens (tertiary/aromatic N) is 3. The van der Waals surface area contributed by atoms with Crippen molar-refractivity contribution in [3.05, 3.63) is 58.3 Å². The molecule has 0 bridgehead atoms. The summed E-state index contributed by atoms with van der Waals surface area (Å²) in [5.74, 6) is 0. The lowest BCUT2D eigenvalue weighted by Gasteiger charge is -2.27. The van der Waals surface area contributed by atoms with Crippen molar-refractivity contribution in [3.63, 3.8) is 0 Å². The Morgan fingerprint density at radius 1 is 1.28 bits per heavy atom. The number of H-pyrrole nitrogens is 1. The molecule has 0 spiro atoms. The molecule has 5 nitrogen and oxygen atoms in total. The third-order valence-electron chi connectivity index (χ3n) is 4.88. The lowest BCUT2D eigenvalue weighted by molar-refractivity contribution is 0.243. The van der Waals surface area contributed by atoms with Gasteiger partial charge in [0.1, 0.15) is 0 Å². The first kappa shape index (κ1) is 16.4. The smallest absolute Gasteiger partial charge is 0.196 e. The summed E-state index contributed by atoms with van der Waals surface area (Å²) in [6.07, 6.45) is 5.90. The van der Waals surface area contributed by atoms with E-state index in [-0.39, 0.29) is 6.61 Å². The summed E-state index contributed by atoms with van der Waals surface area (Å²) in [6.45, 7) is 3.89. The van der Waals surface area contributed by atoms with Gasteiger partial charge in [-0.05, 0) is 30.3 Å². The average Bonchev–Trinajstić information content (AvgIpc) is 2.98.